The molecule has 2 aliphatic rings. The van der Waals surface area contributed by atoms with Gasteiger partial charge in [-0.1, -0.05) is 6.07 Å². The maximum Gasteiger partial charge on any atom is 0.410 e. The third-order valence-corrected chi connectivity index (χ3v) is 5.38. The number of nitrogens with zero attached hydrogens (tertiary/aromatic N) is 3. The summed E-state index contributed by atoms with van der Waals surface area (Å²) >= 11 is 0. The van der Waals surface area contributed by atoms with Crippen LogP contribution in [0.25, 0.3) is 11.0 Å². The average Bonchev–Trinajstić information content (AvgIpc) is 2.85. The molecular weight excluding hydrogens is 330 g/mol. The molecule has 26 heavy (non-hydrogen) atoms. The molecular formula is C20H25N3O3. The van der Waals surface area contributed by atoms with Crippen LogP contribution in [0.3, 0.4) is 0 Å². The number of hydrogen-bond acceptors (Lipinski definition) is 5. The highest BCUT2D eigenvalue weighted by Crippen LogP contribution is 2.46. The number of ether oxygens (including phenoxy) is 1. The summed E-state index contributed by atoms with van der Waals surface area (Å²) in [5.74, 6) is 0. The number of fused-ring (bicyclic) bond motifs is 3. The highest BCUT2D eigenvalue weighted by molar-refractivity contribution is 5.75. The van der Waals surface area contributed by atoms with Crippen molar-refractivity contribution in [2.24, 2.45) is 0 Å². The Balaban J connectivity index is 1.59. The number of amides is 1. The lowest BCUT2D eigenvalue weighted by Crippen LogP contribution is -2.53. The normalized spacial score (nSPS) is 28.4. The van der Waals surface area contributed by atoms with Gasteiger partial charge in [0, 0.05) is 37.3 Å². The fraction of sp³-hybridized carbons (Fsp3) is 0.550. The van der Waals surface area contributed by atoms with Crippen molar-refractivity contribution >= 4 is 17.1 Å². The molecule has 2 aromatic rings. The molecule has 2 bridgehead atoms. The second-order valence-electron chi connectivity index (χ2n) is 8.47. The molecule has 6 heteroatoms. The van der Waals surface area contributed by atoms with Crippen LogP contribution in [0, 0.1) is 0 Å². The number of benzene rings is 1. The van der Waals surface area contributed by atoms with Gasteiger partial charge in [0.05, 0.1) is 16.6 Å². The van der Waals surface area contributed by atoms with Crippen LogP contribution in [0.1, 0.15) is 52.0 Å². The molecule has 1 amide bonds. The molecule has 4 rings (SSSR count). The first-order chi connectivity index (χ1) is 12.3. The summed E-state index contributed by atoms with van der Waals surface area (Å²) in [5, 5.41) is 11.4. The summed E-state index contributed by atoms with van der Waals surface area (Å²) in [6, 6.07) is 5.76. The van der Waals surface area contributed by atoms with Crippen LogP contribution in [0.4, 0.5) is 4.79 Å². The Labute approximate surface area is 153 Å². The third kappa shape index (κ3) is 3.03. The first kappa shape index (κ1) is 17.2. The number of carbonyl (C=O) groups is 1. The van der Waals surface area contributed by atoms with Crippen molar-refractivity contribution in [3.05, 3.63) is 36.2 Å². The standard InChI is InChI=1S/C20H25N3O3/c1-19(2,3)26-18(24)23-14-5-6-15(23)12-20(25,11-14)13-4-7-16-17(10-13)22-9-8-21-16/h4,7-10,14-15,25H,5-6,11-12H2,1-3H3. The zero-order valence-corrected chi connectivity index (χ0v) is 15.5. The first-order valence-corrected chi connectivity index (χ1v) is 9.20. The Hall–Kier alpha value is -2.21. The molecule has 2 fully saturated rings. The van der Waals surface area contributed by atoms with Crippen LogP contribution >= 0.6 is 0 Å². The molecule has 2 saturated heterocycles. The van der Waals surface area contributed by atoms with E-state index in [1.807, 2.05) is 43.9 Å². The molecule has 1 aromatic heterocycles. The minimum Gasteiger partial charge on any atom is -0.444 e. The largest absolute Gasteiger partial charge is 0.444 e. The maximum atomic E-state index is 12.6. The third-order valence-electron chi connectivity index (χ3n) is 5.38. The lowest BCUT2D eigenvalue weighted by atomic mass is 9.80. The van der Waals surface area contributed by atoms with Gasteiger partial charge in [-0.2, -0.15) is 0 Å². The van der Waals surface area contributed by atoms with Crippen molar-refractivity contribution in [2.75, 3.05) is 0 Å². The van der Waals surface area contributed by atoms with E-state index < -0.39 is 11.2 Å². The smallest absolute Gasteiger partial charge is 0.410 e. The van der Waals surface area contributed by atoms with E-state index in [0.717, 1.165) is 29.4 Å². The Kier molecular flexibility index (Phi) is 3.91. The highest BCUT2D eigenvalue weighted by atomic mass is 16.6. The average molecular weight is 355 g/mol. The van der Waals surface area contributed by atoms with Crippen LogP contribution < -0.4 is 0 Å². The minimum absolute atomic E-state index is 0.00570. The van der Waals surface area contributed by atoms with Gasteiger partial charge >= 0.3 is 6.09 Å². The first-order valence-electron chi connectivity index (χ1n) is 9.20. The van der Waals surface area contributed by atoms with Crippen LogP contribution in [-0.2, 0) is 10.3 Å². The van der Waals surface area contributed by atoms with Crippen molar-refractivity contribution in [2.45, 2.75) is 69.7 Å². The zero-order chi connectivity index (χ0) is 18.5. The highest BCUT2D eigenvalue weighted by Gasteiger charge is 2.51. The molecule has 0 spiro atoms. The quantitative estimate of drug-likeness (QED) is 0.849. The minimum atomic E-state index is -0.948. The lowest BCUT2D eigenvalue weighted by molar-refractivity contribution is -0.0623. The van der Waals surface area contributed by atoms with Crippen molar-refractivity contribution in [3.8, 4) is 0 Å². The van der Waals surface area contributed by atoms with Crippen LogP contribution in [0.2, 0.25) is 0 Å². The number of rotatable bonds is 1. The van der Waals surface area contributed by atoms with Gasteiger partial charge in [0.2, 0.25) is 0 Å². The van der Waals surface area contributed by atoms with Crippen LogP contribution in [-0.4, -0.2) is 43.8 Å². The molecule has 138 valence electrons. The van der Waals surface area contributed by atoms with Gasteiger partial charge in [0.1, 0.15) is 5.60 Å². The summed E-state index contributed by atoms with van der Waals surface area (Å²) in [6.07, 6.45) is 5.90. The number of aliphatic hydroxyl groups is 1. The van der Waals surface area contributed by atoms with Gasteiger partial charge < -0.3 is 14.7 Å². The summed E-state index contributed by atoms with van der Waals surface area (Å²) in [7, 11) is 0. The van der Waals surface area contributed by atoms with Crippen LogP contribution in [0.5, 0.6) is 0 Å². The van der Waals surface area contributed by atoms with E-state index in [0.29, 0.717) is 12.8 Å². The van der Waals surface area contributed by atoms with Gasteiger partial charge in [-0.25, -0.2) is 4.79 Å². The second-order valence-corrected chi connectivity index (χ2v) is 8.47. The van der Waals surface area contributed by atoms with E-state index in [9.17, 15) is 9.90 Å². The van der Waals surface area contributed by atoms with Crippen molar-refractivity contribution in [1.29, 1.82) is 0 Å². The monoisotopic (exact) mass is 355 g/mol. The summed E-state index contributed by atoms with van der Waals surface area (Å²) in [5.41, 5.74) is 0.984. The molecule has 2 aliphatic heterocycles. The van der Waals surface area contributed by atoms with E-state index in [4.69, 9.17) is 4.74 Å². The molecule has 1 aromatic carbocycles. The molecule has 2 atom stereocenters. The lowest BCUT2D eigenvalue weighted by Gasteiger charge is -2.44. The molecule has 6 nitrogen and oxygen atoms in total. The summed E-state index contributed by atoms with van der Waals surface area (Å²) in [6.45, 7) is 5.63. The molecule has 0 saturated carbocycles. The van der Waals surface area contributed by atoms with E-state index in [1.54, 1.807) is 12.4 Å². The van der Waals surface area contributed by atoms with Crippen molar-refractivity contribution < 1.29 is 14.6 Å². The maximum absolute atomic E-state index is 12.6. The second kappa shape index (κ2) is 5.91. The number of aromatic nitrogens is 2. The van der Waals surface area contributed by atoms with Gasteiger partial charge in [-0.3, -0.25) is 9.97 Å². The van der Waals surface area contributed by atoms with E-state index in [2.05, 4.69) is 9.97 Å². The molecule has 0 aliphatic carbocycles. The zero-order valence-electron chi connectivity index (χ0n) is 15.5. The summed E-state index contributed by atoms with van der Waals surface area (Å²) in [4.78, 5) is 23.1. The SMILES string of the molecule is CC(C)(C)OC(=O)N1C2CCC1CC(O)(c1ccc3nccnc3c1)C2. The Morgan fingerprint density at radius 2 is 1.77 bits per heavy atom. The Bertz CT molecular complexity index is 832. The van der Waals surface area contributed by atoms with Crippen molar-refractivity contribution in [3.63, 3.8) is 0 Å². The van der Waals surface area contributed by atoms with E-state index in [-0.39, 0.29) is 18.2 Å². The number of hydrogen-bond donors (Lipinski definition) is 1. The van der Waals surface area contributed by atoms with E-state index >= 15 is 0 Å². The topological polar surface area (TPSA) is 75.5 Å². The van der Waals surface area contributed by atoms with E-state index in [1.165, 1.54) is 0 Å². The predicted molar refractivity (Wildman–Crippen MR) is 97.6 cm³/mol. The molecule has 2 unspecified atom stereocenters. The molecule has 3 heterocycles. The van der Waals surface area contributed by atoms with Gasteiger partial charge in [0.15, 0.2) is 0 Å². The van der Waals surface area contributed by atoms with Crippen LogP contribution in [0.15, 0.2) is 30.6 Å². The molecule has 1 N–H and O–H groups in total. The summed E-state index contributed by atoms with van der Waals surface area (Å²) < 4.78 is 5.58. The van der Waals surface area contributed by atoms with Gasteiger partial charge in [0.25, 0.3) is 0 Å². The van der Waals surface area contributed by atoms with Gasteiger partial charge in [-0.15, -0.1) is 0 Å². The fourth-order valence-electron chi connectivity index (χ4n) is 4.33. The Morgan fingerprint density at radius 3 is 2.38 bits per heavy atom. The fourth-order valence-corrected chi connectivity index (χ4v) is 4.33. The Morgan fingerprint density at radius 1 is 1.15 bits per heavy atom. The number of piperidine rings is 1. The molecule has 0 radical (unpaired) electrons. The number of carbonyl (C=O) groups excluding carboxylic acids is 1. The van der Waals surface area contributed by atoms with Gasteiger partial charge in [-0.05, 0) is 51.3 Å². The van der Waals surface area contributed by atoms with Crippen molar-refractivity contribution in [1.82, 2.24) is 14.9 Å². The predicted octanol–water partition coefficient (Wildman–Crippen LogP) is 3.38.